The lowest BCUT2D eigenvalue weighted by molar-refractivity contribution is -0.147. The van der Waals surface area contributed by atoms with Crippen LogP contribution in [0.5, 0.6) is 0 Å². The number of aromatic nitrogens is 2. The van der Waals surface area contributed by atoms with Gasteiger partial charge in [-0.2, -0.15) is 5.10 Å². The Hall–Kier alpha value is -2.38. The number of rotatable bonds is 7. The van der Waals surface area contributed by atoms with Crippen molar-refractivity contribution in [2.24, 2.45) is 0 Å². The molecule has 0 aliphatic rings. The number of nitrogens with zero attached hydrogens (tertiary/aromatic N) is 2. The minimum Gasteiger partial charge on any atom is -0.463 e. The number of hydrogen-bond acceptors (Lipinski definition) is 6. The van der Waals surface area contributed by atoms with Crippen molar-refractivity contribution in [3.8, 4) is 5.69 Å². The first kappa shape index (κ1) is 19.4. The van der Waals surface area contributed by atoms with Gasteiger partial charge in [0.05, 0.1) is 18.0 Å². The van der Waals surface area contributed by atoms with Crippen LogP contribution in [0, 0.1) is 6.92 Å². The molecule has 0 spiro atoms. The minimum atomic E-state index is -0.555. The van der Waals surface area contributed by atoms with Gasteiger partial charge in [0, 0.05) is 10.4 Å². The molecule has 27 heavy (non-hydrogen) atoms. The highest BCUT2D eigenvalue weighted by atomic mass is 35.5. The number of esters is 2. The second kappa shape index (κ2) is 8.54. The van der Waals surface area contributed by atoms with Gasteiger partial charge in [-0.05, 0) is 37.6 Å². The van der Waals surface area contributed by atoms with Crippen LogP contribution >= 0.6 is 22.9 Å². The van der Waals surface area contributed by atoms with Crippen molar-refractivity contribution in [2.75, 3.05) is 13.2 Å². The van der Waals surface area contributed by atoms with Crippen molar-refractivity contribution in [1.82, 2.24) is 9.78 Å². The Kier molecular flexibility index (Phi) is 6.13. The molecule has 3 rings (SSSR count). The Bertz CT molecular complexity index is 979. The second-order valence-corrected chi connectivity index (χ2v) is 7.42. The van der Waals surface area contributed by atoms with Crippen molar-refractivity contribution in [3.05, 3.63) is 45.9 Å². The molecule has 0 atom stereocenters. The molecule has 0 fully saturated rings. The molecule has 8 heteroatoms. The van der Waals surface area contributed by atoms with Gasteiger partial charge in [0.1, 0.15) is 9.71 Å². The molecule has 3 aromatic rings. The van der Waals surface area contributed by atoms with E-state index in [4.69, 9.17) is 21.1 Å². The predicted molar refractivity (Wildman–Crippen MR) is 105 cm³/mol. The lowest BCUT2D eigenvalue weighted by atomic mass is 10.3. The second-order valence-electron chi connectivity index (χ2n) is 5.96. The molecule has 0 unspecified atom stereocenters. The van der Waals surface area contributed by atoms with Crippen LogP contribution in [0.4, 0.5) is 0 Å². The molecule has 0 saturated heterocycles. The molecule has 2 heterocycles. The molecule has 0 aliphatic heterocycles. The van der Waals surface area contributed by atoms with E-state index in [-0.39, 0.29) is 0 Å². The Morgan fingerprint density at radius 3 is 2.81 bits per heavy atom. The van der Waals surface area contributed by atoms with E-state index in [1.54, 1.807) is 22.9 Å². The third-order valence-electron chi connectivity index (χ3n) is 3.88. The van der Waals surface area contributed by atoms with Gasteiger partial charge < -0.3 is 9.47 Å². The van der Waals surface area contributed by atoms with Crippen LogP contribution in [-0.4, -0.2) is 34.9 Å². The zero-order chi connectivity index (χ0) is 19.4. The highest BCUT2D eigenvalue weighted by Gasteiger charge is 2.19. The number of carbonyl (C=O) groups excluding carboxylic acids is 2. The normalized spacial score (nSPS) is 10.9. The van der Waals surface area contributed by atoms with Gasteiger partial charge in [-0.1, -0.05) is 31.0 Å². The highest BCUT2D eigenvalue weighted by molar-refractivity contribution is 7.20. The molecule has 0 bridgehead atoms. The monoisotopic (exact) mass is 406 g/mol. The fourth-order valence-corrected chi connectivity index (χ4v) is 3.76. The van der Waals surface area contributed by atoms with Crippen LogP contribution in [0.3, 0.4) is 0 Å². The van der Waals surface area contributed by atoms with E-state index in [0.717, 1.165) is 34.4 Å². The van der Waals surface area contributed by atoms with Crippen molar-refractivity contribution in [2.45, 2.75) is 26.7 Å². The number of carbonyl (C=O) groups is 2. The van der Waals surface area contributed by atoms with E-state index in [9.17, 15) is 9.59 Å². The third kappa shape index (κ3) is 4.48. The Labute approximate surface area is 165 Å². The summed E-state index contributed by atoms with van der Waals surface area (Å²) in [5.74, 6) is -1.10. The van der Waals surface area contributed by atoms with E-state index in [2.05, 4.69) is 5.10 Å². The van der Waals surface area contributed by atoms with Crippen molar-refractivity contribution in [1.29, 1.82) is 0 Å². The summed E-state index contributed by atoms with van der Waals surface area (Å²) in [6, 6.07) is 9.05. The molecule has 0 aliphatic carbocycles. The van der Waals surface area contributed by atoms with E-state index in [1.807, 2.05) is 26.0 Å². The van der Waals surface area contributed by atoms with Gasteiger partial charge in [-0.15, -0.1) is 11.3 Å². The van der Waals surface area contributed by atoms with E-state index in [0.29, 0.717) is 16.5 Å². The van der Waals surface area contributed by atoms with E-state index >= 15 is 0 Å². The maximum Gasteiger partial charge on any atom is 0.348 e. The Balaban J connectivity index is 1.76. The largest absolute Gasteiger partial charge is 0.463 e. The number of aryl methyl sites for hydroxylation is 1. The summed E-state index contributed by atoms with van der Waals surface area (Å²) >= 11 is 7.33. The zero-order valence-corrected chi connectivity index (χ0v) is 16.6. The zero-order valence-electron chi connectivity index (χ0n) is 15.0. The van der Waals surface area contributed by atoms with Crippen LogP contribution in [0.15, 0.2) is 30.3 Å². The fraction of sp³-hybridized carbons (Fsp3) is 0.316. The van der Waals surface area contributed by atoms with Gasteiger partial charge in [-0.3, -0.25) is 0 Å². The summed E-state index contributed by atoms with van der Waals surface area (Å²) < 4.78 is 11.8. The first-order chi connectivity index (χ1) is 13.0. The minimum absolute atomic E-state index is 0.338. The predicted octanol–water partition coefficient (Wildman–Crippen LogP) is 4.55. The summed E-state index contributed by atoms with van der Waals surface area (Å²) in [5, 5.41) is 5.98. The molecule has 2 aromatic heterocycles. The number of halogens is 1. The van der Waals surface area contributed by atoms with Gasteiger partial charge in [0.25, 0.3) is 0 Å². The van der Waals surface area contributed by atoms with Crippen LogP contribution in [0.2, 0.25) is 5.02 Å². The average Bonchev–Trinajstić information content (AvgIpc) is 3.21. The number of fused-ring (bicyclic) bond motifs is 1. The highest BCUT2D eigenvalue weighted by Crippen LogP contribution is 2.31. The smallest absolute Gasteiger partial charge is 0.348 e. The SMILES string of the molecule is CCCCOC(=O)COC(=O)c1cc2c(C)nn(-c3cccc(Cl)c3)c2s1. The van der Waals surface area contributed by atoms with Crippen molar-refractivity contribution in [3.63, 3.8) is 0 Å². The molecule has 0 radical (unpaired) electrons. The molecular formula is C19H19ClN2O4S. The number of hydrogen-bond donors (Lipinski definition) is 0. The summed E-state index contributed by atoms with van der Waals surface area (Å²) in [6.07, 6.45) is 1.72. The number of benzene rings is 1. The standard InChI is InChI=1S/C19H19ClN2O4S/c1-3-4-8-25-17(23)11-26-19(24)16-10-15-12(2)21-22(18(15)27-16)14-7-5-6-13(20)9-14/h5-7,9-10H,3-4,8,11H2,1-2H3. The van der Waals surface area contributed by atoms with Crippen LogP contribution in [0.1, 0.15) is 35.1 Å². The molecule has 142 valence electrons. The lowest BCUT2D eigenvalue weighted by Crippen LogP contribution is -2.16. The topological polar surface area (TPSA) is 70.4 Å². The molecule has 0 N–H and O–H groups in total. The van der Waals surface area contributed by atoms with E-state index in [1.165, 1.54) is 11.3 Å². The molecule has 6 nitrogen and oxygen atoms in total. The number of unbranched alkanes of at least 4 members (excludes halogenated alkanes) is 1. The lowest BCUT2D eigenvalue weighted by Gasteiger charge is -2.04. The summed E-state index contributed by atoms with van der Waals surface area (Å²) in [4.78, 5) is 25.1. The van der Waals surface area contributed by atoms with Gasteiger partial charge >= 0.3 is 11.9 Å². The first-order valence-corrected chi connectivity index (χ1v) is 9.77. The first-order valence-electron chi connectivity index (χ1n) is 8.57. The van der Waals surface area contributed by atoms with Crippen LogP contribution < -0.4 is 0 Å². The van der Waals surface area contributed by atoms with Crippen molar-refractivity contribution < 1.29 is 19.1 Å². The molecule has 0 saturated carbocycles. The van der Waals surface area contributed by atoms with Gasteiger partial charge in [0.15, 0.2) is 6.61 Å². The Morgan fingerprint density at radius 2 is 2.07 bits per heavy atom. The maximum absolute atomic E-state index is 12.3. The summed E-state index contributed by atoms with van der Waals surface area (Å²) in [5.41, 5.74) is 1.60. The van der Waals surface area contributed by atoms with Crippen molar-refractivity contribution >= 4 is 45.1 Å². The molecule has 1 aromatic carbocycles. The molecular weight excluding hydrogens is 388 g/mol. The molecule has 0 amide bonds. The van der Waals surface area contributed by atoms with Gasteiger partial charge in [-0.25, -0.2) is 14.3 Å². The fourth-order valence-electron chi connectivity index (χ4n) is 2.50. The average molecular weight is 407 g/mol. The number of thiophene rings is 1. The Morgan fingerprint density at radius 1 is 1.26 bits per heavy atom. The van der Waals surface area contributed by atoms with E-state index < -0.39 is 18.5 Å². The third-order valence-corrected chi connectivity index (χ3v) is 5.21. The quantitative estimate of drug-likeness (QED) is 0.425. The maximum atomic E-state index is 12.3. The van der Waals surface area contributed by atoms with Crippen LogP contribution in [0.25, 0.3) is 15.9 Å². The van der Waals surface area contributed by atoms with Gasteiger partial charge in [0.2, 0.25) is 0 Å². The number of ether oxygens (including phenoxy) is 2. The van der Waals surface area contributed by atoms with Crippen LogP contribution in [-0.2, 0) is 14.3 Å². The summed E-state index contributed by atoms with van der Waals surface area (Å²) in [6.45, 7) is 3.82. The summed E-state index contributed by atoms with van der Waals surface area (Å²) in [7, 11) is 0.